The molecule has 38 nitrogen and oxygen atoms in total. The third-order valence-electron chi connectivity index (χ3n) is 15.2. The molecule has 0 aromatic carbocycles. The molecule has 0 aromatic rings. The highest BCUT2D eigenvalue weighted by atomic mass is 16.6. The standard InChI is InChI=1S/C31H58N12O10.C19H34N8O8/c32-7-1-4-15(33)10-20(46)37-8-2-5-16(34)11-21(47)38-9-3-6-17(35)12-22(48)40-25-26(49)27(53-30(36)51)19(14-44)52-29(25)43-31-41-23-18(45)13-39-28(50)24(23)42-31;20-3-1-2-7(21)4-10(30)24-13-14(31)15(35-18(22)33)9(6-28)34-17(13)27-19-25-11-8(29)5-23-16(32)12(11)26-19/h15-19,23-27,29,44-45,49H,1-14,32-35H2,(H2,36,51)(H,37,46)(H,38,47)(H,39,50)(H,40,48)(H2,41,42,43);7-9,11-15,17,28-29,31H,1-6,20-21H2,(H2,22,33)(H,23,32)(H,24,30)(H2,25,26,27). The van der Waals surface area contributed by atoms with E-state index in [2.05, 4.69) is 63.2 Å². The number of rotatable bonds is 30. The molecule has 6 aliphatic heterocycles. The number of guanidine groups is 2. The first-order chi connectivity index (χ1) is 41.9. The fraction of sp³-hybridized carbons (Fsp3) is 0.800. The maximum absolute atomic E-state index is 13.1. The van der Waals surface area contributed by atoms with Crippen LogP contribution in [-0.4, -0.2) is 264 Å². The zero-order chi connectivity index (χ0) is 64.8. The second-order valence-electron chi connectivity index (χ2n) is 22.3. The van der Waals surface area contributed by atoms with Crippen molar-refractivity contribution in [2.24, 2.45) is 55.9 Å². The van der Waals surface area contributed by atoms with Crippen LogP contribution in [0.4, 0.5) is 9.59 Å². The Hall–Kier alpha value is -6.66. The minimum Gasteiger partial charge on any atom is -0.441 e. The molecule has 38 heteroatoms. The number of hydrogen-bond acceptors (Lipinski definition) is 30. The van der Waals surface area contributed by atoms with Gasteiger partial charge in [-0.15, -0.1) is 0 Å². The number of nitrogens with two attached hydrogens (primary N) is 8. The molecule has 0 aliphatic carbocycles. The lowest BCUT2D eigenvalue weighted by molar-refractivity contribution is -0.198. The summed E-state index contributed by atoms with van der Waals surface area (Å²) in [4.78, 5) is 106. The van der Waals surface area contributed by atoms with Crippen molar-refractivity contribution in [1.29, 1.82) is 0 Å². The fourth-order valence-electron chi connectivity index (χ4n) is 10.6. The highest BCUT2D eigenvalue weighted by Crippen LogP contribution is 2.26. The van der Waals surface area contributed by atoms with Crippen LogP contribution in [-0.2, 0) is 47.7 Å². The van der Waals surface area contributed by atoms with Gasteiger partial charge in [0.2, 0.25) is 35.4 Å². The number of primary amides is 2. The number of nitrogens with one attached hydrogen (secondary N) is 10. The highest BCUT2D eigenvalue weighted by molar-refractivity contribution is 5.94. The van der Waals surface area contributed by atoms with E-state index in [4.69, 9.17) is 64.8 Å². The monoisotopic (exact) mass is 1260 g/mol. The van der Waals surface area contributed by atoms with Gasteiger partial charge >= 0.3 is 12.2 Å². The van der Waals surface area contributed by atoms with Gasteiger partial charge < -0.3 is 149 Å². The van der Waals surface area contributed by atoms with Gasteiger partial charge in [-0.2, -0.15) is 0 Å². The van der Waals surface area contributed by atoms with E-state index in [0.717, 1.165) is 6.42 Å². The summed E-state index contributed by atoms with van der Waals surface area (Å²) in [6.45, 7) is 0.399. The summed E-state index contributed by atoms with van der Waals surface area (Å²) in [5.74, 6) is -2.19. The Kier molecular flexibility index (Phi) is 29.1. The molecule has 6 heterocycles. The lowest BCUT2D eigenvalue weighted by atomic mass is 9.95. The quantitative estimate of drug-likeness (QED) is 0.0297. The average molecular weight is 1260 g/mol. The Bertz CT molecular complexity index is 2390. The van der Waals surface area contributed by atoms with Gasteiger partial charge in [-0.3, -0.25) is 28.8 Å². The molecule has 20 unspecified atom stereocenters. The smallest absolute Gasteiger partial charge is 0.404 e. The van der Waals surface area contributed by atoms with E-state index in [1.807, 2.05) is 0 Å². The molecule has 0 saturated carbocycles. The summed E-state index contributed by atoms with van der Waals surface area (Å²) in [5.41, 5.74) is 45.3. The number of aliphatic hydroxyl groups is 6. The summed E-state index contributed by atoms with van der Waals surface area (Å²) in [6.07, 6.45) is -10.6. The van der Waals surface area contributed by atoms with Crippen LogP contribution in [0.15, 0.2) is 9.98 Å². The fourth-order valence-corrected chi connectivity index (χ4v) is 10.6. The molecule has 4 saturated heterocycles. The van der Waals surface area contributed by atoms with E-state index in [0.29, 0.717) is 71.1 Å². The van der Waals surface area contributed by atoms with Crippen LogP contribution in [0.25, 0.3) is 0 Å². The van der Waals surface area contributed by atoms with Gasteiger partial charge in [0, 0.05) is 76.0 Å². The Morgan fingerprint density at radius 1 is 0.557 bits per heavy atom. The maximum Gasteiger partial charge on any atom is 0.404 e. The average Bonchev–Trinajstić information content (AvgIpc) is 1.52. The first-order valence-electron chi connectivity index (χ1n) is 29.3. The minimum atomic E-state index is -1.62. The number of piperidine rings is 2. The predicted octanol–water partition coefficient (Wildman–Crippen LogP) is -12.3. The molecule has 20 atom stereocenters. The Labute approximate surface area is 506 Å². The summed E-state index contributed by atoms with van der Waals surface area (Å²) in [7, 11) is 0. The zero-order valence-electron chi connectivity index (χ0n) is 48.8. The van der Waals surface area contributed by atoms with Crippen LogP contribution >= 0.6 is 0 Å². The normalized spacial score (nSPS) is 31.0. The lowest BCUT2D eigenvalue weighted by Crippen LogP contribution is -2.70. The summed E-state index contributed by atoms with van der Waals surface area (Å²) < 4.78 is 21.5. The molecule has 4 fully saturated rings. The van der Waals surface area contributed by atoms with Crippen molar-refractivity contribution in [1.82, 2.24) is 53.2 Å². The van der Waals surface area contributed by atoms with Gasteiger partial charge in [-0.05, 0) is 64.5 Å². The van der Waals surface area contributed by atoms with Crippen molar-refractivity contribution in [3.05, 3.63) is 0 Å². The number of β-amino-alcohol motifs (C(OH)–C–C–N with tert-alkyl or cyclic N) is 2. The van der Waals surface area contributed by atoms with Gasteiger partial charge in [0.25, 0.3) is 0 Å². The molecule has 0 bridgehead atoms. The molecule has 6 aliphatic rings. The Balaban J connectivity index is 0.000000348. The first kappa shape index (κ1) is 72.1. The van der Waals surface area contributed by atoms with E-state index in [-0.39, 0.29) is 74.5 Å². The summed E-state index contributed by atoms with van der Waals surface area (Å²) in [6, 6.07) is -7.51. The van der Waals surface area contributed by atoms with Gasteiger partial charge in [0.05, 0.1) is 37.5 Å². The number of ether oxygens (including phenoxy) is 4. The largest absolute Gasteiger partial charge is 0.441 e. The number of carbonyl (C=O) groups excluding carboxylic acids is 8. The van der Waals surface area contributed by atoms with E-state index in [9.17, 15) is 69.0 Å². The lowest BCUT2D eigenvalue weighted by Gasteiger charge is -2.44. The summed E-state index contributed by atoms with van der Waals surface area (Å²) in [5, 5.41) is 89.6. The van der Waals surface area contributed by atoms with Crippen LogP contribution in [0, 0.1) is 0 Å². The molecule has 32 N–H and O–H groups in total. The minimum absolute atomic E-state index is 0.0174. The van der Waals surface area contributed by atoms with Crippen molar-refractivity contribution < 1.29 is 87.9 Å². The topological polar surface area (TPSA) is 648 Å². The number of amides is 8. The first-order valence-corrected chi connectivity index (χ1v) is 29.3. The molecule has 500 valence electrons. The maximum atomic E-state index is 13.1. The van der Waals surface area contributed by atoms with Crippen LogP contribution in [0.5, 0.6) is 0 Å². The highest BCUT2D eigenvalue weighted by Gasteiger charge is 2.52. The molecule has 6 rings (SSSR count). The van der Waals surface area contributed by atoms with E-state index in [1.54, 1.807) is 0 Å². The predicted molar refractivity (Wildman–Crippen MR) is 308 cm³/mol. The van der Waals surface area contributed by atoms with Crippen molar-refractivity contribution >= 4 is 59.5 Å². The number of carbonyl (C=O) groups is 8. The molecular formula is C50H92N20O18. The van der Waals surface area contributed by atoms with Crippen LogP contribution in [0.2, 0.25) is 0 Å². The number of aliphatic hydroxyl groups excluding tert-OH is 6. The van der Waals surface area contributed by atoms with Crippen molar-refractivity contribution in [3.63, 3.8) is 0 Å². The molecule has 0 aromatic heterocycles. The summed E-state index contributed by atoms with van der Waals surface area (Å²) >= 11 is 0. The van der Waals surface area contributed by atoms with Crippen LogP contribution < -0.4 is 99.0 Å². The second kappa shape index (κ2) is 35.5. The van der Waals surface area contributed by atoms with Crippen molar-refractivity contribution in [2.75, 3.05) is 52.5 Å². The molecule has 0 radical (unpaired) electrons. The van der Waals surface area contributed by atoms with Crippen molar-refractivity contribution in [3.8, 4) is 0 Å². The molecule has 0 spiro atoms. The van der Waals surface area contributed by atoms with E-state index in [1.165, 1.54) is 0 Å². The van der Waals surface area contributed by atoms with Crippen LogP contribution in [0.1, 0.15) is 77.0 Å². The number of hydrogen-bond donors (Lipinski definition) is 24. The SMILES string of the molecule is NCCCC(N)CC(=O)NC1C(NC2=NC3C(=O)NCC(O)C3N2)OC(CO)C(OC(N)=O)C1O.NCCCC(N)CC(=O)NCCCC(N)CC(=O)NCCCC(N)CC(=O)NC1C(NC2=NC3C(=O)NCC(O)C3N2)OC(CO)C(OC(N)=O)C1O. The second-order valence-corrected chi connectivity index (χ2v) is 22.3. The van der Waals surface area contributed by atoms with Crippen LogP contribution in [0.3, 0.4) is 0 Å². The van der Waals surface area contributed by atoms with Gasteiger partial charge in [-0.1, -0.05) is 0 Å². The molecule has 8 amide bonds. The number of fused-ring (bicyclic) bond motifs is 2. The third-order valence-corrected chi connectivity index (χ3v) is 15.2. The zero-order valence-corrected chi connectivity index (χ0v) is 48.8. The third kappa shape index (κ3) is 21.8. The number of nitrogens with zero attached hydrogens (tertiary/aromatic N) is 2. The van der Waals surface area contributed by atoms with E-state index >= 15 is 0 Å². The molecule has 88 heavy (non-hydrogen) atoms. The van der Waals surface area contributed by atoms with Gasteiger partial charge in [0.15, 0.2) is 48.7 Å². The van der Waals surface area contributed by atoms with E-state index < -0.39 is 159 Å². The van der Waals surface area contributed by atoms with Gasteiger partial charge in [0.1, 0.15) is 36.5 Å². The van der Waals surface area contributed by atoms with Gasteiger partial charge in [-0.25, -0.2) is 19.6 Å². The Morgan fingerprint density at radius 3 is 1.22 bits per heavy atom. The Morgan fingerprint density at radius 2 is 0.898 bits per heavy atom. The number of aliphatic imine (C=N–C) groups is 2. The molecular weight excluding hydrogens is 1170 g/mol. The van der Waals surface area contributed by atoms with Crippen molar-refractivity contribution in [2.45, 2.75) is 199 Å².